The molecular weight excluding hydrogens is 462 g/mol. The van der Waals surface area contributed by atoms with Gasteiger partial charge in [0, 0.05) is 13.1 Å². The molecule has 0 saturated heterocycles. The van der Waals surface area contributed by atoms with Crippen LogP contribution >= 0.6 is 0 Å². The molecule has 0 spiro atoms. The number of esters is 1. The Morgan fingerprint density at radius 3 is 2.61 bits per heavy atom. The van der Waals surface area contributed by atoms with E-state index < -0.39 is 0 Å². The van der Waals surface area contributed by atoms with Gasteiger partial charge in [-0.25, -0.2) is 9.78 Å². The first-order chi connectivity index (χ1) is 17.3. The van der Waals surface area contributed by atoms with Gasteiger partial charge in [0.05, 0.1) is 35.6 Å². The summed E-state index contributed by atoms with van der Waals surface area (Å²) in [5.41, 5.74) is 1.94. The molecule has 9 nitrogen and oxygen atoms in total. The van der Waals surface area contributed by atoms with Gasteiger partial charge in [-0.05, 0) is 71.4 Å². The predicted octanol–water partition coefficient (Wildman–Crippen LogP) is 5.45. The first kappa shape index (κ1) is 26.0. The molecule has 4 rings (SSSR count). The summed E-state index contributed by atoms with van der Waals surface area (Å²) < 4.78 is 22.6. The molecular formula is C27H37N3O6. The van der Waals surface area contributed by atoms with Crippen molar-refractivity contribution in [3.63, 3.8) is 0 Å². The molecule has 0 aliphatic heterocycles. The second-order valence-electron chi connectivity index (χ2n) is 10.1. The van der Waals surface area contributed by atoms with Crippen molar-refractivity contribution in [1.82, 2.24) is 15.0 Å². The lowest BCUT2D eigenvalue weighted by Crippen LogP contribution is -2.35. The van der Waals surface area contributed by atoms with E-state index in [4.69, 9.17) is 18.7 Å². The number of pyridine rings is 1. The Labute approximate surface area is 212 Å². The van der Waals surface area contributed by atoms with Crippen molar-refractivity contribution in [3.05, 3.63) is 29.6 Å². The van der Waals surface area contributed by atoms with E-state index in [1.165, 1.54) is 0 Å². The Morgan fingerprint density at radius 1 is 1.14 bits per heavy atom. The van der Waals surface area contributed by atoms with E-state index in [1.807, 2.05) is 26.8 Å². The first-order valence-corrected chi connectivity index (χ1v) is 13.0. The summed E-state index contributed by atoms with van der Waals surface area (Å²) in [6.07, 6.45) is 8.74. The molecule has 2 aliphatic carbocycles. The van der Waals surface area contributed by atoms with Crippen LogP contribution in [0.25, 0.3) is 11.5 Å². The summed E-state index contributed by atoms with van der Waals surface area (Å²) in [6.45, 7) is 5.61. The van der Waals surface area contributed by atoms with Gasteiger partial charge in [-0.1, -0.05) is 18.0 Å². The van der Waals surface area contributed by atoms with Crippen molar-refractivity contribution in [3.8, 4) is 17.2 Å². The van der Waals surface area contributed by atoms with Crippen LogP contribution in [0.3, 0.4) is 0 Å². The zero-order chi connectivity index (χ0) is 25.7. The highest BCUT2D eigenvalue weighted by molar-refractivity contribution is 5.72. The normalized spacial score (nSPS) is 20.4. The first-order valence-electron chi connectivity index (χ1n) is 13.0. The minimum atomic E-state index is -0.340. The molecule has 0 bridgehead atoms. The molecule has 2 aromatic heterocycles. The van der Waals surface area contributed by atoms with Gasteiger partial charge in [-0.15, -0.1) is 0 Å². The number of amides is 1. The lowest BCUT2D eigenvalue weighted by Gasteiger charge is -2.28. The van der Waals surface area contributed by atoms with Crippen LogP contribution in [-0.4, -0.2) is 52.4 Å². The lowest BCUT2D eigenvalue weighted by atomic mass is 9.87. The fourth-order valence-corrected chi connectivity index (χ4v) is 5.01. The molecule has 1 amide bonds. The summed E-state index contributed by atoms with van der Waals surface area (Å²) >= 11 is 0. The van der Waals surface area contributed by atoms with Gasteiger partial charge in [-0.2, -0.15) is 0 Å². The summed E-state index contributed by atoms with van der Waals surface area (Å²) in [4.78, 5) is 31.0. The smallest absolute Gasteiger partial charge is 0.410 e. The maximum absolute atomic E-state index is 12.5. The van der Waals surface area contributed by atoms with Crippen LogP contribution in [0.2, 0.25) is 0 Å². The number of aromatic nitrogens is 2. The maximum Gasteiger partial charge on any atom is 0.410 e. The van der Waals surface area contributed by atoms with Gasteiger partial charge >= 0.3 is 12.1 Å². The molecule has 2 aromatic rings. The van der Waals surface area contributed by atoms with Crippen LogP contribution in [0, 0.1) is 12.8 Å². The largest absolute Gasteiger partial charge is 0.489 e. The summed E-state index contributed by atoms with van der Waals surface area (Å²) in [6, 6.07) is 3.88. The standard InChI is InChI=1S/C27H37N3O6/c1-17(2)34-26(31)19-8-7-11-21(14-19)35-22-12-13-24(28-15-22)25-23(18(3)29-36-25)16-33-27(32)30(4)20-9-5-6-10-20/h12-13,15,17,19-21H,5-11,14,16H2,1-4H3/t19-,21-/m0/s1. The van der Waals surface area contributed by atoms with Crippen molar-refractivity contribution in [2.24, 2.45) is 5.92 Å². The van der Waals surface area contributed by atoms with Crippen molar-refractivity contribution in [1.29, 1.82) is 0 Å². The number of rotatable bonds is 8. The van der Waals surface area contributed by atoms with E-state index in [0.29, 0.717) is 34.9 Å². The summed E-state index contributed by atoms with van der Waals surface area (Å²) in [7, 11) is 1.79. The Morgan fingerprint density at radius 2 is 1.92 bits per heavy atom. The Kier molecular flexibility index (Phi) is 8.48. The number of hydrogen-bond donors (Lipinski definition) is 0. The summed E-state index contributed by atoms with van der Waals surface area (Å²) in [5.74, 6) is 0.831. The van der Waals surface area contributed by atoms with Crippen molar-refractivity contribution < 1.29 is 28.3 Å². The van der Waals surface area contributed by atoms with Crippen LogP contribution in [0.1, 0.15) is 76.5 Å². The van der Waals surface area contributed by atoms with Crippen molar-refractivity contribution in [2.75, 3.05) is 7.05 Å². The molecule has 0 unspecified atom stereocenters. The van der Waals surface area contributed by atoms with Gasteiger partial charge in [-0.3, -0.25) is 4.79 Å². The van der Waals surface area contributed by atoms with Gasteiger partial charge in [0.15, 0.2) is 5.76 Å². The van der Waals surface area contributed by atoms with E-state index in [9.17, 15) is 9.59 Å². The van der Waals surface area contributed by atoms with E-state index in [-0.39, 0.29) is 42.8 Å². The highest BCUT2D eigenvalue weighted by atomic mass is 16.6. The molecule has 36 heavy (non-hydrogen) atoms. The fraction of sp³-hybridized carbons (Fsp3) is 0.630. The zero-order valence-corrected chi connectivity index (χ0v) is 21.7. The fourth-order valence-electron chi connectivity index (χ4n) is 5.01. The number of ether oxygens (including phenoxy) is 3. The molecule has 0 aromatic carbocycles. The zero-order valence-electron chi connectivity index (χ0n) is 21.7. The second kappa shape index (κ2) is 11.8. The number of carbonyl (C=O) groups excluding carboxylic acids is 2. The van der Waals surface area contributed by atoms with Gasteiger partial charge in [0.1, 0.15) is 18.1 Å². The Bertz CT molecular complexity index is 1030. The van der Waals surface area contributed by atoms with E-state index in [1.54, 1.807) is 24.2 Å². The molecule has 0 N–H and O–H groups in total. The summed E-state index contributed by atoms with van der Waals surface area (Å²) in [5, 5.41) is 4.06. The number of nitrogens with zero attached hydrogens (tertiary/aromatic N) is 3. The third kappa shape index (κ3) is 6.36. The lowest BCUT2D eigenvalue weighted by molar-refractivity contribution is -0.154. The monoisotopic (exact) mass is 499 g/mol. The van der Waals surface area contributed by atoms with E-state index >= 15 is 0 Å². The molecule has 9 heteroatoms. The minimum Gasteiger partial charge on any atom is -0.489 e. The molecule has 2 saturated carbocycles. The molecule has 2 aliphatic rings. The minimum absolute atomic E-state index is 0.0598. The van der Waals surface area contributed by atoms with Gasteiger partial charge in [0.25, 0.3) is 0 Å². The van der Waals surface area contributed by atoms with Crippen LogP contribution in [0.4, 0.5) is 4.79 Å². The number of hydrogen-bond acceptors (Lipinski definition) is 8. The van der Waals surface area contributed by atoms with Gasteiger partial charge < -0.3 is 23.6 Å². The highest BCUT2D eigenvalue weighted by Gasteiger charge is 2.30. The van der Waals surface area contributed by atoms with E-state index in [0.717, 1.165) is 44.9 Å². The second-order valence-corrected chi connectivity index (χ2v) is 10.1. The van der Waals surface area contributed by atoms with Crippen LogP contribution in [-0.2, 0) is 20.9 Å². The topological polar surface area (TPSA) is 104 Å². The van der Waals surface area contributed by atoms with Crippen molar-refractivity contribution in [2.45, 2.75) is 97.0 Å². The van der Waals surface area contributed by atoms with Crippen LogP contribution in [0.15, 0.2) is 22.9 Å². The molecule has 0 radical (unpaired) electrons. The Hall–Kier alpha value is -3.10. The van der Waals surface area contributed by atoms with Gasteiger partial charge in [0.2, 0.25) is 0 Å². The molecule has 2 heterocycles. The van der Waals surface area contributed by atoms with Crippen molar-refractivity contribution >= 4 is 12.1 Å². The molecule has 2 fully saturated rings. The number of carbonyl (C=O) groups is 2. The molecule has 196 valence electrons. The SMILES string of the molecule is Cc1noc(-c2ccc(O[C@H]3CCC[C@H](C(=O)OC(C)C)C3)cn2)c1COC(=O)N(C)C1CCCC1. The number of aryl methyl sites for hydroxylation is 1. The van der Waals surface area contributed by atoms with Crippen LogP contribution in [0.5, 0.6) is 5.75 Å². The Balaban J connectivity index is 1.35. The highest BCUT2D eigenvalue weighted by Crippen LogP contribution is 2.31. The maximum atomic E-state index is 12.5. The van der Waals surface area contributed by atoms with E-state index in [2.05, 4.69) is 10.1 Å². The predicted molar refractivity (Wildman–Crippen MR) is 132 cm³/mol. The third-order valence-electron chi connectivity index (χ3n) is 7.07. The quantitative estimate of drug-likeness (QED) is 0.442. The molecule has 2 atom stereocenters. The van der Waals surface area contributed by atoms with Crippen LogP contribution < -0.4 is 4.74 Å². The average molecular weight is 500 g/mol. The average Bonchev–Trinajstić information content (AvgIpc) is 3.52. The third-order valence-corrected chi connectivity index (χ3v) is 7.07.